The van der Waals surface area contributed by atoms with Crippen LogP contribution in [-0.4, -0.2) is 58.6 Å². The quantitative estimate of drug-likeness (QED) is 0.377. The van der Waals surface area contributed by atoms with E-state index < -0.39 is 0 Å². The first-order valence-electron chi connectivity index (χ1n) is 9.22. The molecule has 1 aliphatic rings. The molecule has 2 atom stereocenters. The van der Waals surface area contributed by atoms with Gasteiger partial charge >= 0.3 is 0 Å². The highest BCUT2D eigenvalue weighted by atomic mass is 19.1. The molecule has 1 heterocycles. The number of aliphatic imine (C=N–C) groups is 1. The van der Waals surface area contributed by atoms with Crippen LogP contribution in [0.1, 0.15) is 31.4 Å². The summed E-state index contributed by atoms with van der Waals surface area (Å²) in [5.41, 5.74) is 0.903. The largest absolute Gasteiger partial charge is 0.379 e. The molecular weight excluding hydrogens is 337 g/mol. The topological polar surface area (TPSA) is 64.1 Å². The van der Waals surface area contributed by atoms with E-state index in [1.165, 1.54) is 12.1 Å². The van der Waals surface area contributed by atoms with Gasteiger partial charge in [-0.05, 0) is 37.5 Å². The van der Waals surface area contributed by atoms with Crippen LogP contribution in [0.5, 0.6) is 0 Å². The first-order valence-corrected chi connectivity index (χ1v) is 9.22. The minimum absolute atomic E-state index is 0.211. The van der Waals surface area contributed by atoms with E-state index in [4.69, 9.17) is 14.2 Å². The van der Waals surface area contributed by atoms with Gasteiger partial charge in [-0.15, -0.1) is 0 Å². The molecule has 146 valence electrons. The number of benzene rings is 1. The predicted octanol–water partition coefficient (Wildman–Crippen LogP) is 2.26. The molecule has 6 nitrogen and oxygen atoms in total. The zero-order valence-corrected chi connectivity index (χ0v) is 15.7. The highest BCUT2D eigenvalue weighted by Crippen LogP contribution is 2.17. The van der Waals surface area contributed by atoms with Crippen molar-refractivity contribution >= 4 is 5.96 Å². The summed E-state index contributed by atoms with van der Waals surface area (Å²) in [5.74, 6) is 0.481. The molecule has 0 saturated carbocycles. The first-order chi connectivity index (χ1) is 12.7. The van der Waals surface area contributed by atoms with Crippen LogP contribution < -0.4 is 10.6 Å². The van der Waals surface area contributed by atoms with Crippen LogP contribution in [0.25, 0.3) is 0 Å². The summed E-state index contributed by atoms with van der Waals surface area (Å²) in [6.07, 6.45) is 1.91. The Morgan fingerprint density at radius 3 is 2.81 bits per heavy atom. The third-order valence-electron chi connectivity index (χ3n) is 4.14. The van der Waals surface area contributed by atoms with E-state index in [1.54, 1.807) is 19.2 Å². The minimum Gasteiger partial charge on any atom is -0.379 e. The summed E-state index contributed by atoms with van der Waals surface area (Å²) in [7, 11) is 1.63. The number of rotatable bonds is 10. The molecular formula is C19H30FN3O3. The lowest BCUT2D eigenvalue weighted by Crippen LogP contribution is -2.38. The Hall–Kier alpha value is -1.70. The molecule has 0 amide bonds. The standard InChI is InChI=1S/C19H30FN3O3/c1-3-21-19(22-10-4-11-26-17-9-12-25-14-17)23-13-18(24-2)15-5-7-16(20)8-6-15/h5-8,17-18H,3-4,9-14H2,1-2H3,(H2,21,22,23). The second kappa shape index (κ2) is 11.8. The number of guanidine groups is 1. The maximum absolute atomic E-state index is 13.1. The number of hydrogen-bond donors (Lipinski definition) is 2. The zero-order chi connectivity index (χ0) is 18.6. The molecule has 1 fully saturated rings. The maximum Gasteiger partial charge on any atom is 0.191 e. The van der Waals surface area contributed by atoms with Gasteiger partial charge in [0.1, 0.15) is 11.9 Å². The maximum atomic E-state index is 13.1. The van der Waals surface area contributed by atoms with Crippen LogP contribution in [-0.2, 0) is 14.2 Å². The van der Waals surface area contributed by atoms with Gasteiger partial charge in [-0.3, -0.25) is 4.99 Å². The van der Waals surface area contributed by atoms with Crippen LogP contribution in [0.3, 0.4) is 0 Å². The Balaban J connectivity index is 1.75. The minimum atomic E-state index is -0.256. The molecule has 0 spiro atoms. The average Bonchev–Trinajstić information content (AvgIpc) is 3.16. The lowest BCUT2D eigenvalue weighted by Gasteiger charge is -2.16. The summed E-state index contributed by atoms with van der Waals surface area (Å²) in [6, 6.07) is 6.32. The van der Waals surface area contributed by atoms with Crippen LogP contribution in [0.15, 0.2) is 29.3 Å². The molecule has 0 bridgehead atoms. The number of halogens is 1. The number of nitrogens with one attached hydrogen (secondary N) is 2. The van der Waals surface area contributed by atoms with E-state index in [-0.39, 0.29) is 18.0 Å². The highest BCUT2D eigenvalue weighted by molar-refractivity contribution is 5.79. The summed E-state index contributed by atoms with van der Waals surface area (Å²) in [5, 5.41) is 6.52. The molecule has 1 aromatic rings. The van der Waals surface area contributed by atoms with Crippen LogP contribution >= 0.6 is 0 Å². The zero-order valence-electron chi connectivity index (χ0n) is 15.7. The van der Waals surface area contributed by atoms with E-state index in [2.05, 4.69) is 15.6 Å². The molecule has 2 rings (SSSR count). The van der Waals surface area contributed by atoms with Crippen molar-refractivity contribution in [2.45, 2.75) is 32.0 Å². The van der Waals surface area contributed by atoms with Gasteiger partial charge in [0.05, 0.1) is 19.3 Å². The van der Waals surface area contributed by atoms with Gasteiger partial charge in [0.2, 0.25) is 0 Å². The molecule has 26 heavy (non-hydrogen) atoms. The van der Waals surface area contributed by atoms with Crippen molar-refractivity contribution in [3.05, 3.63) is 35.6 Å². The summed E-state index contributed by atoms with van der Waals surface area (Å²) in [4.78, 5) is 4.57. The lowest BCUT2D eigenvalue weighted by molar-refractivity contribution is 0.0420. The number of ether oxygens (including phenoxy) is 3. The van der Waals surface area contributed by atoms with E-state index in [1.807, 2.05) is 6.92 Å². The molecule has 0 aliphatic carbocycles. The van der Waals surface area contributed by atoms with Crippen LogP contribution in [0.2, 0.25) is 0 Å². The Morgan fingerprint density at radius 1 is 1.35 bits per heavy atom. The van der Waals surface area contributed by atoms with E-state index in [0.29, 0.717) is 19.8 Å². The van der Waals surface area contributed by atoms with Gasteiger partial charge in [0, 0.05) is 33.4 Å². The number of nitrogens with zero attached hydrogens (tertiary/aromatic N) is 1. The fourth-order valence-corrected chi connectivity index (χ4v) is 2.68. The molecule has 7 heteroatoms. The predicted molar refractivity (Wildman–Crippen MR) is 99.9 cm³/mol. The van der Waals surface area contributed by atoms with Crippen molar-refractivity contribution in [3.63, 3.8) is 0 Å². The average molecular weight is 367 g/mol. The van der Waals surface area contributed by atoms with Gasteiger partial charge < -0.3 is 24.8 Å². The Labute approximate surface area is 155 Å². The number of methoxy groups -OCH3 is 1. The Kier molecular flexibility index (Phi) is 9.38. The molecule has 2 N–H and O–H groups in total. The van der Waals surface area contributed by atoms with Crippen molar-refractivity contribution in [1.82, 2.24) is 10.6 Å². The van der Waals surface area contributed by atoms with E-state index in [0.717, 1.165) is 44.1 Å². The van der Waals surface area contributed by atoms with Crippen molar-refractivity contribution in [2.24, 2.45) is 4.99 Å². The van der Waals surface area contributed by atoms with Crippen LogP contribution in [0.4, 0.5) is 4.39 Å². The first kappa shape index (κ1) is 20.6. The normalized spacial score (nSPS) is 18.7. The Morgan fingerprint density at radius 2 is 2.15 bits per heavy atom. The summed E-state index contributed by atoms with van der Waals surface area (Å²) in [6.45, 7) is 6.23. The second-order valence-corrected chi connectivity index (χ2v) is 6.13. The summed E-state index contributed by atoms with van der Waals surface area (Å²) < 4.78 is 29.6. The Bertz CT molecular complexity index is 533. The number of hydrogen-bond acceptors (Lipinski definition) is 4. The van der Waals surface area contributed by atoms with Crippen molar-refractivity contribution in [3.8, 4) is 0 Å². The van der Waals surface area contributed by atoms with Gasteiger partial charge in [-0.25, -0.2) is 4.39 Å². The molecule has 1 saturated heterocycles. The van der Waals surface area contributed by atoms with E-state index >= 15 is 0 Å². The lowest BCUT2D eigenvalue weighted by atomic mass is 10.1. The fourth-order valence-electron chi connectivity index (χ4n) is 2.68. The highest BCUT2D eigenvalue weighted by Gasteiger charge is 2.15. The van der Waals surface area contributed by atoms with Gasteiger partial charge in [-0.1, -0.05) is 12.1 Å². The van der Waals surface area contributed by atoms with Gasteiger partial charge in [0.25, 0.3) is 0 Å². The van der Waals surface area contributed by atoms with Crippen molar-refractivity contribution in [2.75, 3.05) is 46.6 Å². The smallest absolute Gasteiger partial charge is 0.191 e. The molecule has 1 aromatic carbocycles. The van der Waals surface area contributed by atoms with E-state index in [9.17, 15) is 4.39 Å². The van der Waals surface area contributed by atoms with Crippen LogP contribution in [0, 0.1) is 5.82 Å². The third kappa shape index (κ3) is 7.27. The van der Waals surface area contributed by atoms with Gasteiger partial charge in [0.15, 0.2) is 5.96 Å². The monoisotopic (exact) mass is 367 g/mol. The SMILES string of the molecule is CCNC(=NCC(OC)c1ccc(F)cc1)NCCCOC1CCOC1. The van der Waals surface area contributed by atoms with Crippen molar-refractivity contribution < 1.29 is 18.6 Å². The fraction of sp³-hybridized carbons (Fsp3) is 0.632. The van der Waals surface area contributed by atoms with Gasteiger partial charge in [-0.2, -0.15) is 0 Å². The summed E-state index contributed by atoms with van der Waals surface area (Å²) >= 11 is 0. The second-order valence-electron chi connectivity index (χ2n) is 6.13. The molecule has 1 aliphatic heterocycles. The molecule has 0 radical (unpaired) electrons. The third-order valence-corrected chi connectivity index (χ3v) is 4.14. The molecule has 2 unspecified atom stereocenters. The van der Waals surface area contributed by atoms with Crippen molar-refractivity contribution in [1.29, 1.82) is 0 Å². The molecule has 0 aromatic heterocycles.